The highest BCUT2D eigenvalue weighted by Crippen LogP contribution is 2.21. The zero-order valence-corrected chi connectivity index (χ0v) is 11.4. The van der Waals surface area contributed by atoms with E-state index in [-0.39, 0.29) is 5.84 Å². The van der Waals surface area contributed by atoms with E-state index in [1.807, 2.05) is 36.7 Å². The third-order valence-electron chi connectivity index (χ3n) is 3.01. The molecule has 5 heteroatoms. The fraction of sp³-hybridized carbons (Fsp3) is 0.286. The quantitative estimate of drug-likeness (QED) is 0.649. The highest BCUT2D eigenvalue weighted by molar-refractivity contribution is 5.95. The van der Waals surface area contributed by atoms with Crippen molar-refractivity contribution in [1.82, 2.24) is 9.78 Å². The molecule has 0 bridgehead atoms. The molecular weight excluding hydrogens is 240 g/mol. The van der Waals surface area contributed by atoms with Crippen LogP contribution in [0.2, 0.25) is 0 Å². The van der Waals surface area contributed by atoms with Gasteiger partial charge in [0.1, 0.15) is 11.6 Å². The fourth-order valence-electron chi connectivity index (χ4n) is 2.07. The highest BCUT2D eigenvalue weighted by Gasteiger charge is 2.09. The molecule has 1 aromatic heterocycles. The molecule has 2 rings (SSSR count). The Morgan fingerprint density at radius 1 is 1.37 bits per heavy atom. The second kappa shape index (κ2) is 5.14. The minimum absolute atomic E-state index is 0.0530. The van der Waals surface area contributed by atoms with Crippen LogP contribution in [-0.2, 0) is 6.54 Å². The molecule has 2 aromatic rings. The minimum atomic E-state index is 0.0530. The average molecular weight is 258 g/mol. The number of rotatable bonds is 4. The van der Waals surface area contributed by atoms with E-state index in [2.05, 4.69) is 5.10 Å². The van der Waals surface area contributed by atoms with Crippen molar-refractivity contribution in [3.63, 3.8) is 0 Å². The molecule has 0 aliphatic carbocycles. The summed E-state index contributed by atoms with van der Waals surface area (Å²) in [6.07, 6.45) is 0. The predicted molar refractivity (Wildman–Crippen MR) is 74.8 cm³/mol. The van der Waals surface area contributed by atoms with Gasteiger partial charge in [0.05, 0.1) is 19.3 Å². The smallest absolute Gasteiger partial charge is 0.123 e. The van der Waals surface area contributed by atoms with Gasteiger partial charge in [0.15, 0.2) is 0 Å². The summed E-state index contributed by atoms with van der Waals surface area (Å²) in [4.78, 5) is 0. The number of nitrogens with zero attached hydrogens (tertiary/aromatic N) is 2. The number of nitrogen functional groups attached to an aromatic ring is 1. The molecule has 0 radical (unpaired) electrons. The van der Waals surface area contributed by atoms with E-state index in [9.17, 15) is 0 Å². The molecule has 5 nitrogen and oxygen atoms in total. The number of nitrogens with one attached hydrogen (secondary N) is 1. The van der Waals surface area contributed by atoms with Gasteiger partial charge in [0.2, 0.25) is 0 Å². The molecular formula is C14H18N4O. The fourth-order valence-corrected chi connectivity index (χ4v) is 2.07. The van der Waals surface area contributed by atoms with Crippen molar-refractivity contribution in [2.45, 2.75) is 20.4 Å². The van der Waals surface area contributed by atoms with Crippen LogP contribution in [0.3, 0.4) is 0 Å². The van der Waals surface area contributed by atoms with Crippen molar-refractivity contribution in [1.29, 1.82) is 5.41 Å². The summed E-state index contributed by atoms with van der Waals surface area (Å²) in [7, 11) is 1.63. The summed E-state index contributed by atoms with van der Waals surface area (Å²) in [5.41, 5.74) is 9.25. The number of methoxy groups -OCH3 is 1. The van der Waals surface area contributed by atoms with Crippen LogP contribution in [0, 0.1) is 19.3 Å². The van der Waals surface area contributed by atoms with Gasteiger partial charge in [-0.2, -0.15) is 5.10 Å². The van der Waals surface area contributed by atoms with Crippen molar-refractivity contribution in [2.24, 2.45) is 5.73 Å². The van der Waals surface area contributed by atoms with E-state index < -0.39 is 0 Å². The van der Waals surface area contributed by atoms with E-state index in [1.165, 1.54) is 0 Å². The molecule has 0 saturated carbocycles. The Labute approximate surface area is 112 Å². The molecule has 0 amide bonds. The first-order valence-electron chi connectivity index (χ1n) is 6.03. The van der Waals surface area contributed by atoms with Crippen molar-refractivity contribution in [2.75, 3.05) is 7.11 Å². The van der Waals surface area contributed by atoms with Gasteiger partial charge in [-0.3, -0.25) is 10.1 Å². The molecule has 100 valence electrons. The first kappa shape index (κ1) is 13.1. The Balaban J connectivity index is 2.39. The maximum Gasteiger partial charge on any atom is 0.123 e. The molecule has 3 N–H and O–H groups in total. The van der Waals surface area contributed by atoms with Gasteiger partial charge < -0.3 is 10.5 Å². The zero-order chi connectivity index (χ0) is 14.0. The Bertz CT molecular complexity index is 616. The summed E-state index contributed by atoms with van der Waals surface area (Å²) >= 11 is 0. The van der Waals surface area contributed by atoms with Gasteiger partial charge in [0, 0.05) is 16.8 Å². The second-order valence-electron chi connectivity index (χ2n) is 4.53. The normalized spacial score (nSPS) is 10.5. The third kappa shape index (κ3) is 2.76. The molecule has 1 heterocycles. The van der Waals surface area contributed by atoms with Crippen LogP contribution in [0.15, 0.2) is 24.3 Å². The standard InChI is InChI=1S/C14H18N4O/c1-9-6-10(2)18(17-9)8-12-7-11(14(15)16)4-5-13(12)19-3/h4-7H,8H2,1-3H3,(H3,15,16). The van der Waals surface area contributed by atoms with Crippen LogP contribution < -0.4 is 10.5 Å². The number of hydrogen-bond acceptors (Lipinski definition) is 3. The van der Waals surface area contributed by atoms with Gasteiger partial charge in [-0.15, -0.1) is 0 Å². The summed E-state index contributed by atoms with van der Waals surface area (Å²) in [6, 6.07) is 7.52. The van der Waals surface area contributed by atoms with Gasteiger partial charge in [-0.1, -0.05) is 0 Å². The summed E-state index contributed by atoms with van der Waals surface area (Å²) in [6.45, 7) is 4.58. The Morgan fingerprint density at radius 3 is 2.63 bits per heavy atom. The monoisotopic (exact) mass is 258 g/mol. The van der Waals surface area contributed by atoms with Crippen molar-refractivity contribution < 1.29 is 4.74 Å². The molecule has 0 unspecified atom stereocenters. The van der Waals surface area contributed by atoms with Crippen molar-refractivity contribution in [3.05, 3.63) is 46.8 Å². The van der Waals surface area contributed by atoms with Crippen LogP contribution >= 0.6 is 0 Å². The van der Waals surface area contributed by atoms with Gasteiger partial charge in [-0.25, -0.2) is 0 Å². The molecule has 0 atom stereocenters. The lowest BCUT2D eigenvalue weighted by atomic mass is 10.1. The van der Waals surface area contributed by atoms with Gasteiger partial charge in [-0.05, 0) is 38.1 Å². The zero-order valence-electron chi connectivity index (χ0n) is 11.4. The van der Waals surface area contributed by atoms with Crippen LogP contribution in [0.25, 0.3) is 0 Å². The number of hydrogen-bond donors (Lipinski definition) is 2. The molecule has 0 spiro atoms. The maximum absolute atomic E-state index is 7.50. The van der Waals surface area contributed by atoms with Crippen LogP contribution in [0.1, 0.15) is 22.5 Å². The molecule has 1 aromatic carbocycles. The topological polar surface area (TPSA) is 76.9 Å². The molecule has 0 saturated heterocycles. The minimum Gasteiger partial charge on any atom is -0.496 e. The van der Waals surface area contributed by atoms with E-state index in [4.69, 9.17) is 15.9 Å². The summed E-state index contributed by atoms with van der Waals surface area (Å²) in [5.74, 6) is 0.829. The lowest BCUT2D eigenvalue weighted by molar-refractivity contribution is 0.407. The Kier molecular flexibility index (Phi) is 3.55. The number of benzene rings is 1. The summed E-state index contributed by atoms with van der Waals surface area (Å²) in [5, 5.41) is 11.9. The number of aryl methyl sites for hydroxylation is 2. The van der Waals surface area contributed by atoms with Gasteiger partial charge in [0.25, 0.3) is 0 Å². The van der Waals surface area contributed by atoms with E-state index >= 15 is 0 Å². The lowest BCUT2D eigenvalue weighted by Gasteiger charge is -2.11. The number of amidine groups is 1. The Morgan fingerprint density at radius 2 is 2.11 bits per heavy atom. The summed E-state index contributed by atoms with van der Waals surface area (Å²) < 4.78 is 7.26. The van der Waals surface area contributed by atoms with Crippen molar-refractivity contribution in [3.8, 4) is 5.75 Å². The van der Waals surface area contributed by atoms with E-state index in [1.54, 1.807) is 13.2 Å². The number of ether oxygens (including phenoxy) is 1. The van der Waals surface area contributed by atoms with Crippen molar-refractivity contribution >= 4 is 5.84 Å². The number of nitrogens with two attached hydrogens (primary N) is 1. The number of aromatic nitrogens is 2. The van der Waals surface area contributed by atoms with Crippen LogP contribution in [0.5, 0.6) is 5.75 Å². The predicted octanol–water partition coefficient (Wildman–Crippen LogP) is 1.84. The van der Waals surface area contributed by atoms with Gasteiger partial charge >= 0.3 is 0 Å². The maximum atomic E-state index is 7.50. The first-order valence-corrected chi connectivity index (χ1v) is 6.03. The Hall–Kier alpha value is -2.30. The van der Waals surface area contributed by atoms with E-state index in [0.717, 1.165) is 22.7 Å². The van der Waals surface area contributed by atoms with Crippen LogP contribution in [0.4, 0.5) is 0 Å². The lowest BCUT2D eigenvalue weighted by Crippen LogP contribution is -2.12. The first-order chi connectivity index (χ1) is 9.01. The molecule has 0 fully saturated rings. The van der Waals surface area contributed by atoms with E-state index in [0.29, 0.717) is 12.1 Å². The molecule has 0 aliphatic rings. The molecule has 19 heavy (non-hydrogen) atoms. The SMILES string of the molecule is COc1ccc(C(=N)N)cc1Cn1nc(C)cc1C. The highest BCUT2D eigenvalue weighted by atomic mass is 16.5. The average Bonchev–Trinajstić information content (AvgIpc) is 2.67. The third-order valence-corrected chi connectivity index (χ3v) is 3.01. The molecule has 0 aliphatic heterocycles. The largest absolute Gasteiger partial charge is 0.496 e. The second-order valence-corrected chi connectivity index (χ2v) is 4.53. The van der Waals surface area contributed by atoms with Crippen LogP contribution in [-0.4, -0.2) is 22.7 Å².